The summed E-state index contributed by atoms with van der Waals surface area (Å²) in [4.78, 5) is 10.2. The fourth-order valence-electron chi connectivity index (χ4n) is 1.26. The number of aliphatic hydroxyl groups is 1. The second-order valence-electron chi connectivity index (χ2n) is 3.40. The van der Waals surface area contributed by atoms with Gasteiger partial charge >= 0.3 is 0 Å². The zero-order valence-corrected chi connectivity index (χ0v) is 9.90. The standard InChI is InChI=1S/C10H12BrNO3/c1-7(13)5-6-8-3-2-4-9(10(8)11)12(14)15/h2-4,7,13H,5-6H2,1H3/t7-/m0/s1. The topological polar surface area (TPSA) is 63.4 Å². The minimum absolute atomic E-state index is 0.0677. The third-order valence-corrected chi connectivity index (χ3v) is 3.00. The molecule has 0 aliphatic carbocycles. The number of aryl methyl sites for hydroxylation is 1. The molecule has 0 unspecified atom stereocenters. The number of hydrogen-bond donors (Lipinski definition) is 1. The number of nitro groups is 1. The molecule has 0 heterocycles. The van der Waals surface area contributed by atoms with Gasteiger partial charge in [0.25, 0.3) is 5.69 Å². The molecule has 0 aliphatic rings. The number of rotatable bonds is 4. The molecule has 1 aromatic rings. The summed E-state index contributed by atoms with van der Waals surface area (Å²) in [6.45, 7) is 1.70. The summed E-state index contributed by atoms with van der Waals surface area (Å²) < 4.78 is 0.510. The molecule has 1 atom stereocenters. The van der Waals surface area contributed by atoms with Gasteiger partial charge in [0.1, 0.15) is 0 Å². The van der Waals surface area contributed by atoms with Crippen molar-refractivity contribution in [1.29, 1.82) is 0 Å². The van der Waals surface area contributed by atoms with E-state index in [9.17, 15) is 10.1 Å². The molecular weight excluding hydrogens is 262 g/mol. The normalized spacial score (nSPS) is 12.5. The second-order valence-corrected chi connectivity index (χ2v) is 4.19. The molecule has 0 spiro atoms. The molecule has 0 saturated carbocycles. The number of aliphatic hydroxyl groups excluding tert-OH is 1. The van der Waals surface area contributed by atoms with Gasteiger partial charge in [-0.1, -0.05) is 12.1 Å². The lowest BCUT2D eigenvalue weighted by Crippen LogP contribution is -2.02. The van der Waals surface area contributed by atoms with Gasteiger partial charge in [-0.05, 0) is 41.3 Å². The van der Waals surface area contributed by atoms with Gasteiger partial charge in [0.15, 0.2) is 0 Å². The Morgan fingerprint density at radius 2 is 2.27 bits per heavy atom. The zero-order valence-electron chi connectivity index (χ0n) is 8.31. The van der Waals surface area contributed by atoms with Crippen LogP contribution in [0.4, 0.5) is 5.69 Å². The number of hydrogen-bond acceptors (Lipinski definition) is 3. The van der Waals surface area contributed by atoms with Gasteiger partial charge in [-0.15, -0.1) is 0 Å². The fraction of sp³-hybridized carbons (Fsp3) is 0.400. The molecule has 1 aromatic carbocycles. The van der Waals surface area contributed by atoms with E-state index in [1.807, 2.05) is 6.07 Å². The Morgan fingerprint density at radius 1 is 1.60 bits per heavy atom. The van der Waals surface area contributed by atoms with Crippen molar-refractivity contribution >= 4 is 21.6 Å². The molecule has 4 nitrogen and oxygen atoms in total. The maximum Gasteiger partial charge on any atom is 0.283 e. The Balaban J connectivity index is 2.89. The molecule has 5 heteroatoms. The van der Waals surface area contributed by atoms with Crippen molar-refractivity contribution in [2.45, 2.75) is 25.9 Å². The van der Waals surface area contributed by atoms with Crippen LogP contribution in [0, 0.1) is 10.1 Å². The molecule has 0 saturated heterocycles. The summed E-state index contributed by atoms with van der Waals surface area (Å²) in [5.74, 6) is 0. The molecule has 0 aliphatic heterocycles. The monoisotopic (exact) mass is 273 g/mol. The Kier molecular flexibility index (Phi) is 4.23. The summed E-state index contributed by atoms with van der Waals surface area (Å²) >= 11 is 3.21. The third-order valence-electron chi connectivity index (χ3n) is 2.09. The SMILES string of the molecule is C[C@H](O)CCc1cccc([N+](=O)[O-])c1Br. The van der Waals surface area contributed by atoms with Crippen LogP contribution in [0.1, 0.15) is 18.9 Å². The van der Waals surface area contributed by atoms with Gasteiger partial charge in [-0.3, -0.25) is 10.1 Å². The first kappa shape index (κ1) is 12.1. The highest BCUT2D eigenvalue weighted by molar-refractivity contribution is 9.10. The van der Waals surface area contributed by atoms with Gasteiger partial charge in [-0.25, -0.2) is 0 Å². The van der Waals surface area contributed by atoms with E-state index in [0.29, 0.717) is 17.3 Å². The smallest absolute Gasteiger partial charge is 0.283 e. The Morgan fingerprint density at radius 3 is 2.80 bits per heavy atom. The minimum atomic E-state index is -0.421. The van der Waals surface area contributed by atoms with Gasteiger partial charge in [0.2, 0.25) is 0 Å². The number of benzene rings is 1. The molecule has 0 fully saturated rings. The van der Waals surface area contributed by atoms with E-state index in [1.54, 1.807) is 13.0 Å². The van der Waals surface area contributed by atoms with Crippen molar-refractivity contribution in [3.05, 3.63) is 38.3 Å². The maximum absolute atomic E-state index is 10.6. The molecule has 1 N–H and O–H groups in total. The van der Waals surface area contributed by atoms with E-state index < -0.39 is 11.0 Å². The van der Waals surface area contributed by atoms with Crippen molar-refractivity contribution in [3.8, 4) is 0 Å². The lowest BCUT2D eigenvalue weighted by atomic mass is 10.1. The van der Waals surface area contributed by atoms with Gasteiger partial charge in [0, 0.05) is 6.07 Å². The first-order valence-electron chi connectivity index (χ1n) is 4.62. The quantitative estimate of drug-likeness (QED) is 0.678. The first-order valence-corrected chi connectivity index (χ1v) is 5.41. The minimum Gasteiger partial charge on any atom is -0.393 e. The number of halogens is 1. The Bertz CT molecular complexity index is 366. The van der Waals surface area contributed by atoms with Crippen LogP contribution in [0.25, 0.3) is 0 Å². The van der Waals surface area contributed by atoms with Gasteiger partial charge in [0.05, 0.1) is 15.5 Å². The van der Waals surface area contributed by atoms with Crippen molar-refractivity contribution < 1.29 is 10.0 Å². The van der Waals surface area contributed by atoms with Crippen LogP contribution < -0.4 is 0 Å². The van der Waals surface area contributed by atoms with Crippen LogP contribution in [-0.2, 0) is 6.42 Å². The van der Waals surface area contributed by atoms with Crippen LogP contribution in [-0.4, -0.2) is 16.1 Å². The highest BCUT2D eigenvalue weighted by atomic mass is 79.9. The van der Waals surface area contributed by atoms with Gasteiger partial charge < -0.3 is 5.11 Å². The van der Waals surface area contributed by atoms with Crippen LogP contribution in [0.5, 0.6) is 0 Å². The molecule has 0 radical (unpaired) electrons. The molecule has 0 aromatic heterocycles. The maximum atomic E-state index is 10.6. The lowest BCUT2D eigenvalue weighted by molar-refractivity contribution is -0.385. The predicted molar refractivity (Wildman–Crippen MR) is 60.8 cm³/mol. The molecule has 1 rings (SSSR count). The van der Waals surface area contributed by atoms with Crippen LogP contribution in [0.3, 0.4) is 0 Å². The van der Waals surface area contributed by atoms with Crippen molar-refractivity contribution in [3.63, 3.8) is 0 Å². The van der Waals surface area contributed by atoms with Crippen LogP contribution in [0.2, 0.25) is 0 Å². The molecule has 0 amide bonds. The lowest BCUT2D eigenvalue weighted by Gasteiger charge is -2.06. The van der Waals surface area contributed by atoms with Crippen molar-refractivity contribution in [2.24, 2.45) is 0 Å². The fourth-order valence-corrected chi connectivity index (χ4v) is 1.87. The Labute approximate surface area is 96.2 Å². The summed E-state index contributed by atoms with van der Waals surface area (Å²) in [5, 5.41) is 19.8. The largest absolute Gasteiger partial charge is 0.393 e. The van der Waals surface area contributed by atoms with Gasteiger partial charge in [-0.2, -0.15) is 0 Å². The van der Waals surface area contributed by atoms with Crippen molar-refractivity contribution in [1.82, 2.24) is 0 Å². The molecular formula is C10H12BrNO3. The van der Waals surface area contributed by atoms with Crippen molar-refractivity contribution in [2.75, 3.05) is 0 Å². The number of nitro benzene ring substituents is 1. The molecule has 15 heavy (non-hydrogen) atoms. The van der Waals surface area contributed by atoms with E-state index in [1.165, 1.54) is 6.07 Å². The zero-order chi connectivity index (χ0) is 11.4. The highest BCUT2D eigenvalue weighted by Crippen LogP contribution is 2.29. The first-order chi connectivity index (χ1) is 7.02. The summed E-state index contributed by atoms with van der Waals surface area (Å²) in [6, 6.07) is 4.93. The molecule has 82 valence electrons. The average Bonchev–Trinajstić information content (AvgIpc) is 2.15. The van der Waals surface area contributed by atoms with E-state index in [2.05, 4.69) is 15.9 Å². The van der Waals surface area contributed by atoms with E-state index in [-0.39, 0.29) is 5.69 Å². The van der Waals surface area contributed by atoms with E-state index in [4.69, 9.17) is 5.11 Å². The predicted octanol–water partition coefficient (Wildman–Crippen LogP) is 2.67. The van der Waals surface area contributed by atoms with Crippen LogP contribution >= 0.6 is 15.9 Å². The second kappa shape index (κ2) is 5.23. The third kappa shape index (κ3) is 3.28. The van der Waals surface area contributed by atoms with E-state index >= 15 is 0 Å². The summed E-state index contributed by atoms with van der Waals surface area (Å²) in [6.07, 6.45) is 0.829. The summed E-state index contributed by atoms with van der Waals surface area (Å²) in [5.41, 5.74) is 0.920. The van der Waals surface area contributed by atoms with E-state index in [0.717, 1.165) is 5.56 Å². The molecule has 0 bridgehead atoms. The highest BCUT2D eigenvalue weighted by Gasteiger charge is 2.14. The van der Waals surface area contributed by atoms with Crippen LogP contribution in [0.15, 0.2) is 22.7 Å². The average molecular weight is 274 g/mol. The Hall–Kier alpha value is -0.940. The number of nitrogens with zero attached hydrogens (tertiary/aromatic N) is 1. The summed E-state index contributed by atoms with van der Waals surface area (Å²) in [7, 11) is 0.